The molecular formula is C12H15N3O2. The Morgan fingerprint density at radius 2 is 2.12 bits per heavy atom. The van der Waals surface area contributed by atoms with Crippen LogP contribution in [0.25, 0.3) is 0 Å². The zero-order valence-electron chi connectivity index (χ0n) is 9.57. The number of amidine groups is 1. The average Bonchev–Trinajstić information content (AvgIpc) is 2.30. The highest BCUT2D eigenvalue weighted by Gasteiger charge is 2.13. The first-order chi connectivity index (χ1) is 8.15. The van der Waals surface area contributed by atoms with Crippen molar-refractivity contribution in [1.82, 2.24) is 0 Å². The number of benzene rings is 1. The fourth-order valence-corrected chi connectivity index (χ4v) is 1.15. The van der Waals surface area contributed by atoms with E-state index >= 15 is 0 Å². The molecule has 0 amide bonds. The molecule has 1 rings (SSSR count). The summed E-state index contributed by atoms with van der Waals surface area (Å²) in [4.78, 5) is 11.5. The van der Waals surface area contributed by atoms with Gasteiger partial charge in [-0.3, -0.25) is 5.41 Å². The molecule has 90 valence electrons. The second-order valence-corrected chi connectivity index (χ2v) is 3.20. The second-order valence-electron chi connectivity index (χ2n) is 3.20. The van der Waals surface area contributed by atoms with Gasteiger partial charge in [-0.25, -0.2) is 4.79 Å². The van der Waals surface area contributed by atoms with E-state index in [4.69, 9.17) is 15.9 Å². The Hall–Kier alpha value is -2.30. The van der Waals surface area contributed by atoms with Crippen LogP contribution >= 0.6 is 0 Å². The number of anilines is 1. The number of carbonyl (C=O) groups excluding carboxylic acids is 1. The van der Waals surface area contributed by atoms with Crippen molar-refractivity contribution in [1.29, 1.82) is 5.41 Å². The molecule has 0 aliphatic carbocycles. The van der Waals surface area contributed by atoms with E-state index in [2.05, 4.69) is 5.32 Å². The molecule has 17 heavy (non-hydrogen) atoms. The van der Waals surface area contributed by atoms with Crippen molar-refractivity contribution in [2.75, 3.05) is 11.9 Å². The minimum Gasteiger partial charge on any atom is -0.462 e. The van der Waals surface area contributed by atoms with Gasteiger partial charge >= 0.3 is 5.97 Å². The molecule has 0 aliphatic rings. The molecule has 0 saturated heterocycles. The van der Waals surface area contributed by atoms with E-state index in [1.165, 1.54) is 6.20 Å². The van der Waals surface area contributed by atoms with Gasteiger partial charge in [0.1, 0.15) is 11.4 Å². The van der Waals surface area contributed by atoms with E-state index in [1.54, 1.807) is 6.92 Å². The number of hydrogen-bond donors (Lipinski definition) is 3. The van der Waals surface area contributed by atoms with Gasteiger partial charge in [-0.05, 0) is 19.1 Å². The van der Waals surface area contributed by atoms with E-state index in [0.717, 1.165) is 5.69 Å². The van der Waals surface area contributed by atoms with Gasteiger partial charge in [-0.1, -0.05) is 18.2 Å². The summed E-state index contributed by atoms with van der Waals surface area (Å²) >= 11 is 0. The fraction of sp³-hybridized carbons (Fsp3) is 0.167. The summed E-state index contributed by atoms with van der Waals surface area (Å²) in [5.74, 6) is -0.935. The molecule has 1 aromatic rings. The molecule has 0 fully saturated rings. The van der Waals surface area contributed by atoms with Crippen LogP contribution in [-0.4, -0.2) is 18.4 Å². The van der Waals surface area contributed by atoms with Crippen molar-refractivity contribution in [3.63, 3.8) is 0 Å². The van der Waals surface area contributed by atoms with Crippen LogP contribution in [0.1, 0.15) is 6.92 Å². The molecule has 0 saturated carbocycles. The van der Waals surface area contributed by atoms with Crippen molar-refractivity contribution in [3.05, 3.63) is 42.1 Å². The van der Waals surface area contributed by atoms with Gasteiger partial charge < -0.3 is 15.8 Å². The summed E-state index contributed by atoms with van der Waals surface area (Å²) in [5.41, 5.74) is 6.12. The van der Waals surface area contributed by atoms with Crippen molar-refractivity contribution in [3.8, 4) is 0 Å². The van der Waals surface area contributed by atoms with Crippen LogP contribution in [0.2, 0.25) is 0 Å². The molecule has 0 spiro atoms. The van der Waals surface area contributed by atoms with Crippen LogP contribution in [0, 0.1) is 5.41 Å². The minimum absolute atomic E-state index is 0.00991. The summed E-state index contributed by atoms with van der Waals surface area (Å²) in [7, 11) is 0. The Morgan fingerprint density at radius 1 is 1.47 bits per heavy atom. The molecule has 1 aromatic carbocycles. The smallest absolute Gasteiger partial charge is 0.343 e. The molecule has 5 nitrogen and oxygen atoms in total. The molecule has 0 heterocycles. The summed E-state index contributed by atoms with van der Waals surface area (Å²) in [6.07, 6.45) is 1.37. The SMILES string of the molecule is CCOC(=O)/C(=C/Nc1ccccc1)C(=N)N. The average molecular weight is 233 g/mol. The maximum absolute atomic E-state index is 11.5. The van der Waals surface area contributed by atoms with E-state index < -0.39 is 5.97 Å². The summed E-state index contributed by atoms with van der Waals surface area (Å²) < 4.78 is 4.79. The summed E-state index contributed by atoms with van der Waals surface area (Å²) in [6, 6.07) is 9.26. The zero-order chi connectivity index (χ0) is 12.7. The molecule has 0 atom stereocenters. The Labute approximate surface area is 99.8 Å². The number of hydrogen-bond acceptors (Lipinski definition) is 4. The highest BCUT2D eigenvalue weighted by atomic mass is 16.5. The Morgan fingerprint density at radius 3 is 2.65 bits per heavy atom. The lowest BCUT2D eigenvalue weighted by Crippen LogP contribution is -2.22. The van der Waals surface area contributed by atoms with Crippen LogP contribution in [0.4, 0.5) is 5.69 Å². The van der Waals surface area contributed by atoms with Gasteiger partial charge in [0.25, 0.3) is 0 Å². The maximum atomic E-state index is 11.5. The van der Waals surface area contributed by atoms with E-state index in [-0.39, 0.29) is 18.0 Å². The Bertz CT molecular complexity index is 427. The lowest BCUT2D eigenvalue weighted by atomic mass is 10.2. The predicted octanol–water partition coefficient (Wildman–Crippen LogP) is 1.48. The number of nitrogens with one attached hydrogen (secondary N) is 2. The van der Waals surface area contributed by atoms with Gasteiger partial charge in [-0.2, -0.15) is 0 Å². The fourth-order valence-electron chi connectivity index (χ4n) is 1.15. The highest BCUT2D eigenvalue weighted by Crippen LogP contribution is 2.06. The predicted molar refractivity (Wildman–Crippen MR) is 66.7 cm³/mol. The largest absolute Gasteiger partial charge is 0.462 e. The van der Waals surface area contributed by atoms with Crippen molar-refractivity contribution < 1.29 is 9.53 Å². The monoisotopic (exact) mass is 233 g/mol. The molecule has 5 heteroatoms. The van der Waals surface area contributed by atoms with Crippen molar-refractivity contribution in [2.45, 2.75) is 6.92 Å². The third-order valence-corrected chi connectivity index (χ3v) is 1.94. The third-order valence-electron chi connectivity index (χ3n) is 1.94. The van der Waals surface area contributed by atoms with Crippen molar-refractivity contribution in [2.24, 2.45) is 5.73 Å². The molecule has 0 aromatic heterocycles. The number of para-hydroxylation sites is 1. The number of esters is 1. The number of rotatable bonds is 5. The van der Waals surface area contributed by atoms with E-state index in [1.807, 2.05) is 30.3 Å². The topological polar surface area (TPSA) is 88.2 Å². The molecule has 0 bridgehead atoms. The normalized spacial score (nSPS) is 10.8. The first-order valence-corrected chi connectivity index (χ1v) is 5.18. The van der Waals surface area contributed by atoms with Crippen LogP contribution in [0.15, 0.2) is 42.1 Å². The van der Waals surface area contributed by atoms with Crippen LogP contribution in [0.3, 0.4) is 0 Å². The molecule has 0 aliphatic heterocycles. The van der Waals surface area contributed by atoms with E-state index in [9.17, 15) is 4.79 Å². The summed E-state index contributed by atoms with van der Waals surface area (Å²) in [5, 5.41) is 10.2. The lowest BCUT2D eigenvalue weighted by molar-refractivity contribution is -0.137. The van der Waals surface area contributed by atoms with Gasteiger partial charge in [-0.15, -0.1) is 0 Å². The lowest BCUT2D eigenvalue weighted by Gasteiger charge is -2.06. The Kier molecular flexibility index (Phi) is 4.75. The molecular weight excluding hydrogens is 218 g/mol. The standard InChI is InChI=1S/C12H15N3O2/c1-2-17-12(16)10(11(13)14)8-15-9-6-4-3-5-7-9/h3-8,15H,2H2,1H3,(H3,13,14)/b10-8+. The summed E-state index contributed by atoms with van der Waals surface area (Å²) in [6.45, 7) is 1.94. The minimum atomic E-state index is -0.608. The molecule has 4 N–H and O–H groups in total. The maximum Gasteiger partial charge on any atom is 0.343 e. The number of ether oxygens (including phenoxy) is 1. The second kappa shape index (κ2) is 6.32. The van der Waals surface area contributed by atoms with E-state index in [0.29, 0.717) is 0 Å². The zero-order valence-corrected chi connectivity index (χ0v) is 9.57. The van der Waals surface area contributed by atoms with Gasteiger partial charge in [0, 0.05) is 11.9 Å². The van der Waals surface area contributed by atoms with Gasteiger partial charge in [0.15, 0.2) is 0 Å². The third kappa shape index (κ3) is 3.98. The number of carbonyl (C=O) groups is 1. The Balaban J connectivity index is 2.78. The first kappa shape index (κ1) is 12.8. The van der Waals surface area contributed by atoms with Crippen molar-refractivity contribution >= 4 is 17.5 Å². The first-order valence-electron chi connectivity index (χ1n) is 5.18. The van der Waals surface area contributed by atoms with Crippen LogP contribution in [0.5, 0.6) is 0 Å². The van der Waals surface area contributed by atoms with Gasteiger partial charge in [0.05, 0.1) is 6.61 Å². The molecule has 0 unspecified atom stereocenters. The van der Waals surface area contributed by atoms with Crippen LogP contribution < -0.4 is 11.1 Å². The van der Waals surface area contributed by atoms with Crippen LogP contribution in [-0.2, 0) is 9.53 Å². The molecule has 0 radical (unpaired) electrons. The quantitative estimate of drug-likeness (QED) is 0.311. The highest BCUT2D eigenvalue weighted by molar-refractivity contribution is 6.17. The van der Waals surface area contributed by atoms with Gasteiger partial charge in [0.2, 0.25) is 0 Å². The number of nitrogens with two attached hydrogens (primary N) is 1.